The van der Waals surface area contributed by atoms with Crippen molar-refractivity contribution < 1.29 is 24.0 Å². The maximum absolute atomic E-state index is 12.4. The standard InChI is InChI=1S/C21H21N3O6/c1-13-6-14(2)8-18(7-13)23-11-15(9-20(23)26)21(27)30-12-19(25)22-16-4-3-5-17(10-16)24(28)29/h3-8,10,15H,9,11-12H2,1-2H3,(H,22,25)/t15-/m0/s1. The van der Waals surface area contributed by atoms with Crippen molar-refractivity contribution in [3.8, 4) is 0 Å². The number of hydrogen-bond donors (Lipinski definition) is 1. The van der Waals surface area contributed by atoms with E-state index in [0.717, 1.165) is 16.8 Å². The number of aryl methyl sites for hydroxylation is 2. The van der Waals surface area contributed by atoms with Gasteiger partial charge in [0.2, 0.25) is 5.91 Å². The minimum Gasteiger partial charge on any atom is -0.455 e. The molecule has 0 spiro atoms. The number of benzene rings is 2. The summed E-state index contributed by atoms with van der Waals surface area (Å²) in [6.07, 6.45) is 0.0122. The minimum atomic E-state index is -0.663. The number of anilines is 2. The van der Waals surface area contributed by atoms with Gasteiger partial charge in [0, 0.05) is 36.5 Å². The van der Waals surface area contributed by atoms with Gasteiger partial charge in [-0.1, -0.05) is 12.1 Å². The van der Waals surface area contributed by atoms with Crippen LogP contribution in [0.1, 0.15) is 17.5 Å². The molecule has 1 heterocycles. The zero-order chi connectivity index (χ0) is 21.8. The molecule has 1 aliphatic heterocycles. The normalized spacial score (nSPS) is 15.7. The average Bonchev–Trinajstić information content (AvgIpc) is 3.07. The molecule has 1 atom stereocenters. The minimum absolute atomic E-state index is 0.0122. The van der Waals surface area contributed by atoms with Crippen LogP contribution in [0.15, 0.2) is 42.5 Å². The van der Waals surface area contributed by atoms with E-state index in [1.54, 1.807) is 4.90 Å². The summed E-state index contributed by atoms with van der Waals surface area (Å²) in [5.41, 5.74) is 2.82. The Balaban J connectivity index is 1.55. The van der Waals surface area contributed by atoms with Gasteiger partial charge in [-0.15, -0.1) is 0 Å². The van der Waals surface area contributed by atoms with Crippen molar-refractivity contribution >= 4 is 34.8 Å². The van der Waals surface area contributed by atoms with Crippen LogP contribution in [0.3, 0.4) is 0 Å². The Kier molecular flexibility index (Phi) is 6.10. The summed E-state index contributed by atoms with van der Waals surface area (Å²) in [6, 6.07) is 11.2. The molecule has 156 valence electrons. The van der Waals surface area contributed by atoms with E-state index in [1.807, 2.05) is 32.0 Å². The quantitative estimate of drug-likeness (QED) is 0.443. The van der Waals surface area contributed by atoms with Crippen LogP contribution in [0.4, 0.5) is 17.1 Å². The number of rotatable bonds is 6. The molecule has 1 N–H and O–H groups in total. The van der Waals surface area contributed by atoms with Crippen molar-refractivity contribution in [1.82, 2.24) is 0 Å². The summed E-state index contributed by atoms with van der Waals surface area (Å²) >= 11 is 0. The van der Waals surface area contributed by atoms with Crippen molar-refractivity contribution in [2.24, 2.45) is 5.92 Å². The van der Waals surface area contributed by atoms with Crippen molar-refractivity contribution in [3.63, 3.8) is 0 Å². The first-order valence-corrected chi connectivity index (χ1v) is 9.32. The van der Waals surface area contributed by atoms with Gasteiger partial charge in [0.25, 0.3) is 11.6 Å². The van der Waals surface area contributed by atoms with Gasteiger partial charge in [-0.3, -0.25) is 24.5 Å². The van der Waals surface area contributed by atoms with Crippen molar-refractivity contribution in [3.05, 3.63) is 63.7 Å². The topological polar surface area (TPSA) is 119 Å². The van der Waals surface area contributed by atoms with Gasteiger partial charge in [0.05, 0.1) is 10.8 Å². The monoisotopic (exact) mass is 411 g/mol. The van der Waals surface area contributed by atoms with E-state index in [9.17, 15) is 24.5 Å². The summed E-state index contributed by atoms with van der Waals surface area (Å²) in [5.74, 6) is -2.10. The summed E-state index contributed by atoms with van der Waals surface area (Å²) in [5, 5.41) is 13.2. The van der Waals surface area contributed by atoms with Crippen LogP contribution in [0, 0.1) is 29.9 Å². The summed E-state index contributed by atoms with van der Waals surface area (Å²) in [6.45, 7) is 3.51. The van der Waals surface area contributed by atoms with Crippen LogP contribution in [0.25, 0.3) is 0 Å². The largest absolute Gasteiger partial charge is 0.455 e. The van der Waals surface area contributed by atoms with Crippen LogP contribution >= 0.6 is 0 Å². The van der Waals surface area contributed by atoms with Crippen LogP contribution in [-0.2, 0) is 19.1 Å². The Bertz CT molecular complexity index is 999. The fourth-order valence-electron chi connectivity index (χ4n) is 3.37. The van der Waals surface area contributed by atoms with Crippen LogP contribution in [0.2, 0.25) is 0 Å². The molecule has 1 fully saturated rings. The third-order valence-electron chi connectivity index (χ3n) is 4.66. The lowest BCUT2D eigenvalue weighted by Gasteiger charge is -2.18. The molecule has 3 rings (SSSR count). The second kappa shape index (κ2) is 8.73. The highest BCUT2D eigenvalue weighted by molar-refractivity contribution is 6.00. The number of carbonyl (C=O) groups excluding carboxylic acids is 3. The molecule has 0 unspecified atom stereocenters. The van der Waals surface area contributed by atoms with E-state index >= 15 is 0 Å². The Hall–Kier alpha value is -3.75. The van der Waals surface area contributed by atoms with E-state index in [4.69, 9.17) is 4.74 Å². The molecule has 0 aliphatic carbocycles. The first-order chi connectivity index (χ1) is 14.2. The molecule has 9 nitrogen and oxygen atoms in total. The number of nitro groups is 1. The first-order valence-electron chi connectivity index (χ1n) is 9.32. The number of ether oxygens (including phenoxy) is 1. The van der Waals surface area contributed by atoms with Gasteiger partial charge in [-0.2, -0.15) is 0 Å². The van der Waals surface area contributed by atoms with E-state index in [1.165, 1.54) is 24.3 Å². The summed E-state index contributed by atoms with van der Waals surface area (Å²) < 4.78 is 5.05. The summed E-state index contributed by atoms with van der Waals surface area (Å²) in [7, 11) is 0. The number of hydrogen-bond acceptors (Lipinski definition) is 6. The number of esters is 1. The fourth-order valence-corrected chi connectivity index (χ4v) is 3.37. The number of nitro benzene ring substituents is 1. The molecule has 2 amide bonds. The highest BCUT2D eigenvalue weighted by Gasteiger charge is 2.36. The molecule has 1 saturated heterocycles. The molecule has 30 heavy (non-hydrogen) atoms. The maximum Gasteiger partial charge on any atom is 0.311 e. The van der Waals surface area contributed by atoms with E-state index in [-0.39, 0.29) is 30.2 Å². The van der Waals surface area contributed by atoms with Crippen LogP contribution in [-0.4, -0.2) is 35.9 Å². The van der Waals surface area contributed by atoms with Gasteiger partial charge in [-0.25, -0.2) is 0 Å². The molecular weight excluding hydrogens is 390 g/mol. The van der Waals surface area contributed by atoms with Gasteiger partial charge in [0.15, 0.2) is 6.61 Å². The molecule has 0 saturated carbocycles. The maximum atomic E-state index is 12.4. The smallest absolute Gasteiger partial charge is 0.311 e. The van der Waals surface area contributed by atoms with E-state index < -0.39 is 29.3 Å². The van der Waals surface area contributed by atoms with E-state index in [0.29, 0.717) is 0 Å². The zero-order valence-corrected chi connectivity index (χ0v) is 16.6. The lowest BCUT2D eigenvalue weighted by molar-refractivity contribution is -0.384. The van der Waals surface area contributed by atoms with Crippen molar-refractivity contribution in [2.75, 3.05) is 23.4 Å². The zero-order valence-electron chi connectivity index (χ0n) is 16.6. The molecule has 0 bridgehead atoms. The Morgan fingerprint density at radius 3 is 2.57 bits per heavy atom. The lowest BCUT2D eigenvalue weighted by atomic mass is 10.1. The summed E-state index contributed by atoms with van der Waals surface area (Å²) in [4.78, 5) is 48.5. The highest BCUT2D eigenvalue weighted by Crippen LogP contribution is 2.27. The van der Waals surface area contributed by atoms with Crippen molar-refractivity contribution in [2.45, 2.75) is 20.3 Å². The highest BCUT2D eigenvalue weighted by atomic mass is 16.6. The third kappa shape index (κ3) is 4.99. The van der Waals surface area contributed by atoms with Gasteiger partial charge >= 0.3 is 5.97 Å². The van der Waals surface area contributed by atoms with Crippen LogP contribution < -0.4 is 10.2 Å². The molecule has 0 aromatic heterocycles. The third-order valence-corrected chi connectivity index (χ3v) is 4.66. The Labute approximate surface area is 172 Å². The first kappa shape index (κ1) is 21.0. The number of carbonyl (C=O) groups is 3. The number of nitrogens with one attached hydrogen (secondary N) is 1. The fraction of sp³-hybridized carbons (Fsp3) is 0.286. The average molecular weight is 411 g/mol. The Morgan fingerprint density at radius 2 is 1.90 bits per heavy atom. The predicted molar refractivity (Wildman–Crippen MR) is 109 cm³/mol. The van der Waals surface area contributed by atoms with Gasteiger partial charge in [-0.05, 0) is 43.2 Å². The molecular formula is C21H21N3O6. The SMILES string of the molecule is Cc1cc(C)cc(N2C[C@@H](C(=O)OCC(=O)Nc3cccc([N+](=O)[O-])c3)CC2=O)c1. The lowest BCUT2D eigenvalue weighted by Crippen LogP contribution is -2.28. The second-order valence-corrected chi connectivity index (χ2v) is 7.21. The molecule has 9 heteroatoms. The van der Waals surface area contributed by atoms with Gasteiger partial charge < -0.3 is 15.0 Å². The number of non-ortho nitro benzene ring substituents is 1. The molecule has 1 aliphatic rings. The number of nitrogens with zero attached hydrogens (tertiary/aromatic N) is 2. The molecule has 2 aromatic carbocycles. The predicted octanol–water partition coefficient (Wildman–Crippen LogP) is 2.75. The Morgan fingerprint density at radius 1 is 1.20 bits per heavy atom. The van der Waals surface area contributed by atoms with Gasteiger partial charge in [0.1, 0.15) is 0 Å². The second-order valence-electron chi connectivity index (χ2n) is 7.21. The number of amides is 2. The molecule has 2 aromatic rings. The van der Waals surface area contributed by atoms with Crippen LogP contribution in [0.5, 0.6) is 0 Å². The van der Waals surface area contributed by atoms with Crippen molar-refractivity contribution in [1.29, 1.82) is 0 Å². The molecule has 0 radical (unpaired) electrons. The van der Waals surface area contributed by atoms with E-state index in [2.05, 4.69) is 5.32 Å².